The topological polar surface area (TPSA) is 25.8 Å². The molecule has 2 aromatic heterocycles. The number of thiophene rings is 1. The van der Waals surface area contributed by atoms with Crippen molar-refractivity contribution in [1.29, 1.82) is 0 Å². The second-order valence-electron chi connectivity index (χ2n) is 10.9. The Hall–Kier alpha value is -3.08. The Morgan fingerprint density at radius 2 is 1.68 bits per heavy atom. The van der Waals surface area contributed by atoms with E-state index in [9.17, 15) is 0 Å². The first-order valence-electron chi connectivity index (χ1n) is 11.8. The summed E-state index contributed by atoms with van der Waals surface area (Å²) in [7, 11) is -1.48. The number of benzene rings is 3. The maximum absolute atomic E-state index is 4.79. The summed E-state index contributed by atoms with van der Waals surface area (Å²) < 4.78 is 1.16. The molecule has 0 spiro atoms. The van der Waals surface area contributed by atoms with Gasteiger partial charge >= 0.3 is 0 Å². The minimum atomic E-state index is -1.48. The molecule has 5 aromatic rings. The molecule has 0 fully saturated rings. The molecular formula is C30H28N2SSi. The number of nitrogens with zero attached hydrogens (tertiary/aromatic N) is 2. The summed E-state index contributed by atoms with van der Waals surface area (Å²) >= 11 is 1.81. The third kappa shape index (κ3) is 3.44. The molecule has 1 aliphatic rings. The van der Waals surface area contributed by atoms with E-state index >= 15 is 0 Å². The van der Waals surface area contributed by atoms with Crippen molar-refractivity contribution in [3.63, 3.8) is 0 Å². The molecule has 0 atom stereocenters. The van der Waals surface area contributed by atoms with E-state index in [4.69, 9.17) is 4.98 Å². The summed E-state index contributed by atoms with van der Waals surface area (Å²) in [4.78, 5) is 10.7. The lowest BCUT2D eigenvalue weighted by molar-refractivity contribution is 0.596. The van der Waals surface area contributed by atoms with E-state index in [1.807, 2.05) is 0 Å². The largest absolute Gasteiger partial charge is 0.235 e. The average molecular weight is 477 g/mol. The molecule has 168 valence electrons. The Balaban J connectivity index is 1.53. The summed E-state index contributed by atoms with van der Waals surface area (Å²) in [6.45, 7) is 11.7. The molecule has 1 aliphatic heterocycles. The molecule has 6 rings (SSSR count). The molecule has 0 unspecified atom stereocenters. The highest BCUT2D eigenvalue weighted by Gasteiger charge is 2.27. The van der Waals surface area contributed by atoms with Crippen molar-refractivity contribution in [3.05, 3.63) is 83.8 Å². The number of hydrogen-bond acceptors (Lipinski definition) is 3. The minimum Gasteiger partial charge on any atom is -0.235 e. The molecule has 0 amide bonds. The van der Waals surface area contributed by atoms with Crippen LogP contribution in [0.25, 0.3) is 48.8 Å². The van der Waals surface area contributed by atoms with Crippen molar-refractivity contribution in [2.75, 3.05) is 0 Å². The van der Waals surface area contributed by atoms with Gasteiger partial charge in [-0.1, -0.05) is 88.1 Å². The lowest BCUT2D eigenvalue weighted by Gasteiger charge is -2.22. The molecule has 34 heavy (non-hydrogen) atoms. The zero-order chi connectivity index (χ0) is 23.7. The van der Waals surface area contributed by atoms with E-state index in [1.165, 1.54) is 37.5 Å². The SMILES string of the molecule is CC(C)(C)c1cc(-c2ncnc3cc(-c4ccc5c(c4)[Si](C)(C)C=C5)sc23)cc2ccccc12. The molecule has 3 aromatic carbocycles. The van der Waals surface area contributed by atoms with Gasteiger partial charge in [-0.15, -0.1) is 11.3 Å². The van der Waals surface area contributed by atoms with Crippen LogP contribution in [0.1, 0.15) is 31.9 Å². The Bertz CT molecular complexity index is 1620. The fourth-order valence-corrected chi connectivity index (χ4v) is 8.40. The van der Waals surface area contributed by atoms with Crippen LogP contribution in [0.5, 0.6) is 0 Å². The van der Waals surface area contributed by atoms with Crippen LogP contribution in [0.15, 0.2) is 72.7 Å². The fraction of sp³-hybridized carbons (Fsp3) is 0.200. The Morgan fingerprint density at radius 1 is 0.853 bits per heavy atom. The van der Waals surface area contributed by atoms with Crippen LogP contribution in [0, 0.1) is 0 Å². The summed E-state index contributed by atoms with van der Waals surface area (Å²) in [5, 5.41) is 4.10. The first kappa shape index (κ1) is 21.5. The maximum atomic E-state index is 4.79. The zero-order valence-electron chi connectivity index (χ0n) is 20.3. The predicted octanol–water partition coefficient (Wildman–Crippen LogP) is 7.96. The lowest BCUT2D eigenvalue weighted by atomic mass is 9.82. The van der Waals surface area contributed by atoms with Gasteiger partial charge < -0.3 is 0 Å². The zero-order valence-corrected chi connectivity index (χ0v) is 22.1. The average Bonchev–Trinajstić information content (AvgIpc) is 3.38. The van der Waals surface area contributed by atoms with E-state index in [0.29, 0.717) is 0 Å². The van der Waals surface area contributed by atoms with Crippen LogP contribution in [0.4, 0.5) is 0 Å². The highest BCUT2D eigenvalue weighted by Crippen LogP contribution is 2.40. The van der Waals surface area contributed by atoms with Crippen molar-refractivity contribution >= 4 is 51.7 Å². The Labute approximate surface area is 206 Å². The second kappa shape index (κ2) is 7.46. The third-order valence-electron chi connectivity index (χ3n) is 6.97. The second-order valence-corrected chi connectivity index (χ2v) is 16.3. The van der Waals surface area contributed by atoms with E-state index in [1.54, 1.807) is 17.7 Å². The first-order valence-corrected chi connectivity index (χ1v) is 15.7. The van der Waals surface area contributed by atoms with Crippen molar-refractivity contribution in [1.82, 2.24) is 9.97 Å². The van der Waals surface area contributed by atoms with Gasteiger partial charge in [-0.2, -0.15) is 0 Å². The molecule has 0 radical (unpaired) electrons. The van der Waals surface area contributed by atoms with Crippen molar-refractivity contribution < 1.29 is 0 Å². The van der Waals surface area contributed by atoms with Crippen molar-refractivity contribution in [3.8, 4) is 21.7 Å². The molecule has 0 saturated carbocycles. The summed E-state index contributed by atoms with van der Waals surface area (Å²) in [6.07, 6.45) is 4.01. The molecule has 0 aliphatic carbocycles. The highest BCUT2D eigenvalue weighted by molar-refractivity contribution is 7.22. The maximum Gasteiger partial charge on any atom is 0.116 e. The van der Waals surface area contributed by atoms with Gasteiger partial charge in [0.15, 0.2) is 0 Å². The normalized spacial score (nSPS) is 14.7. The quantitative estimate of drug-likeness (QED) is 0.242. The molecule has 3 heterocycles. The van der Waals surface area contributed by atoms with Crippen LogP contribution in [-0.4, -0.2) is 18.0 Å². The predicted molar refractivity (Wildman–Crippen MR) is 151 cm³/mol. The minimum absolute atomic E-state index is 0.0392. The highest BCUT2D eigenvalue weighted by atomic mass is 32.1. The van der Waals surface area contributed by atoms with Crippen LogP contribution in [0.3, 0.4) is 0 Å². The van der Waals surface area contributed by atoms with E-state index in [2.05, 4.69) is 111 Å². The summed E-state index contributed by atoms with van der Waals surface area (Å²) in [5.41, 5.74) is 9.69. The van der Waals surface area contributed by atoms with Crippen LogP contribution in [-0.2, 0) is 5.41 Å². The standard InChI is InChI=1S/C30H28N2SSi/c1-30(2,3)24-15-22(14-20-8-6-7-9-23(20)24)28-29-25(31-18-32-28)17-26(33-29)21-11-10-19-12-13-34(4,5)27(19)16-21/h6-18H,1-5H3. The Kier molecular flexibility index (Phi) is 4.71. The lowest BCUT2D eigenvalue weighted by Crippen LogP contribution is -2.37. The molecule has 2 nitrogen and oxygen atoms in total. The molecule has 4 heteroatoms. The number of aromatic nitrogens is 2. The first-order chi connectivity index (χ1) is 16.2. The number of hydrogen-bond donors (Lipinski definition) is 0. The number of rotatable bonds is 2. The fourth-order valence-electron chi connectivity index (χ4n) is 5.07. The van der Waals surface area contributed by atoms with Gasteiger partial charge in [0.25, 0.3) is 0 Å². The van der Waals surface area contributed by atoms with Crippen LogP contribution >= 0.6 is 11.3 Å². The monoisotopic (exact) mass is 476 g/mol. The van der Waals surface area contributed by atoms with E-state index < -0.39 is 8.07 Å². The third-order valence-corrected chi connectivity index (χ3v) is 11.0. The van der Waals surface area contributed by atoms with Gasteiger partial charge in [0.2, 0.25) is 0 Å². The van der Waals surface area contributed by atoms with Crippen LogP contribution < -0.4 is 5.19 Å². The Morgan fingerprint density at radius 3 is 2.50 bits per heavy atom. The van der Waals surface area contributed by atoms with Crippen molar-refractivity contribution in [2.45, 2.75) is 39.3 Å². The smallest absolute Gasteiger partial charge is 0.116 e. The summed E-state index contributed by atoms with van der Waals surface area (Å²) in [5.74, 6) is 0. The number of fused-ring (bicyclic) bond motifs is 3. The molecular weight excluding hydrogens is 448 g/mol. The van der Waals surface area contributed by atoms with Gasteiger partial charge in [-0.3, -0.25) is 0 Å². The van der Waals surface area contributed by atoms with Crippen molar-refractivity contribution in [2.24, 2.45) is 0 Å². The summed E-state index contributed by atoms with van der Waals surface area (Å²) in [6, 6.07) is 22.5. The van der Waals surface area contributed by atoms with E-state index in [-0.39, 0.29) is 5.41 Å². The molecule has 0 N–H and O–H groups in total. The van der Waals surface area contributed by atoms with Crippen LogP contribution in [0.2, 0.25) is 13.1 Å². The van der Waals surface area contributed by atoms with Gasteiger partial charge in [0.1, 0.15) is 14.4 Å². The van der Waals surface area contributed by atoms with Gasteiger partial charge in [-0.25, -0.2) is 9.97 Å². The molecule has 0 saturated heterocycles. The van der Waals surface area contributed by atoms with Gasteiger partial charge in [-0.05, 0) is 56.3 Å². The van der Waals surface area contributed by atoms with Gasteiger partial charge in [0.05, 0.1) is 15.9 Å². The molecule has 0 bridgehead atoms. The van der Waals surface area contributed by atoms with E-state index in [0.717, 1.165) is 21.5 Å². The van der Waals surface area contributed by atoms with Gasteiger partial charge in [0, 0.05) is 10.4 Å².